The van der Waals surface area contributed by atoms with Crippen LogP contribution in [0.4, 0.5) is 5.95 Å². The minimum atomic E-state index is -1.01. The molecule has 34 heavy (non-hydrogen) atoms. The van der Waals surface area contributed by atoms with Crippen molar-refractivity contribution in [2.75, 3.05) is 11.5 Å². The lowest BCUT2D eigenvalue weighted by atomic mass is 9.88. The van der Waals surface area contributed by atoms with Crippen LogP contribution in [0.1, 0.15) is 36.6 Å². The lowest BCUT2D eigenvalue weighted by Gasteiger charge is -2.38. The second-order valence-electron chi connectivity index (χ2n) is 8.45. The van der Waals surface area contributed by atoms with Crippen molar-refractivity contribution < 1.29 is 14.3 Å². The molecular formula is C28H27N3O3. The number of amides is 1. The first-order valence-electron chi connectivity index (χ1n) is 11.7. The minimum absolute atomic E-state index is 0.209. The quantitative estimate of drug-likeness (QED) is 0.307. The highest BCUT2D eigenvalue weighted by atomic mass is 16.5. The fourth-order valence-electron chi connectivity index (χ4n) is 4.72. The number of nitrogens with zero attached hydrogens (tertiary/aromatic N) is 3. The van der Waals surface area contributed by atoms with E-state index in [1.54, 1.807) is 11.8 Å². The van der Waals surface area contributed by atoms with Crippen molar-refractivity contribution in [3.8, 4) is 0 Å². The molecule has 0 spiro atoms. The number of aryl methyl sites for hydroxylation is 1. The molecule has 1 aromatic heterocycles. The molecule has 0 N–H and O–H groups in total. The minimum Gasteiger partial charge on any atom is -0.465 e. The predicted molar refractivity (Wildman–Crippen MR) is 131 cm³/mol. The summed E-state index contributed by atoms with van der Waals surface area (Å²) in [5, 5.41) is 0. The van der Waals surface area contributed by atoms with E-state index in [1.165, 1.54) is 5.56 Å². The van der Waals surface area contributed by atoms with Gasteiger partial charge in [0.15, 0.2) is 5.92 Å². The number of carbonyl (C=O) groups excluding carboxylic acids is 2. The van der Waals surface area contributed by atoms with Crippen LogP contribution in [0, 0.1) is 5.92 Å². The fraction of sp³-hybridized carbons (Fsp3) is 0.250. The van der Waals surface area contributed by atoms with E-state index in [9.17, 15) is 9.59 Å². The third-order valence-electron chi connectivity index (χ3n) is 6.40. The maximum absolute atomic E-state index is 14.0. The zero-order valence-electron chi connectivity index (χ0n) is 19.3. The molecule has 0 saturated carbocycles. The van der Waals surface area contributed by atoms with Gasteiger partial charge in [0, 0.05) is 0 Å². The van der Waals surface area contributed by atoms with E-state index in [0.29, 0.717) is 12.5 Å². The van der Waals surface area contributed by atoms with Gasteiger partial charge in [-0.1, -0.05) is 73.7 Å². The summed E-state index contributed by atoms with van der Waals surface area (Å²) >= 11 is 0. The van der Waals surface area contributed by atoms with Gasteiger partial charge in [-0.2, -0.15) is 0 Å². The average molecular weight is 454 g/mol. The van der Waals surface area contributed by atoms with E-state index in [-0.39, 0.29) is 12.5 Å². The largest absolute Gasteiger partial charge is 0.465 e. The van der Waals surface area contributed by atoms with Crippen molar-refractivity contribution >= 4 is 28.9 Å². The number of anilines is 1. The van der Waals surface area contributed by atoms with Gasteiger partial charge >= 0.3 is 5.97 Å². The van der Waals surface area contributed by atoms with Crippen LogP contribution in [0.15, 0.2) is 78.9 Å². The number of para-hydroxylation sites is 2. The highest BCUT2D eigenvalue weighted by molar-refractivity contribution is 6.08. The van der Waals surface area contributed by atoms with Gasteiger partial charge in [0.05, 0.1) is 30.2 Å². The van der Waals surface area contributed by atoms with Crippen molar-refractivity contribution in [2.24, 2.45) is 5.92 Å². The SMILES string of the molecule is CCOC(=O)[C@H]1C(=O)N(Cc2ccccc2)c2nc3ccccc3n2[C@H]1c1ccc(CC)cc1. The number of imidazole rings is 1. The third kappa shape index (κ3) is 3.75. The van der Waals surface area contributed by atoms with E-state index in [4.69, 9.17) is 9.72 Å². The summed E-state index contributed by atoms with van der Waals surface area (Å²) in [4.78, 5) is 33.7. The van der Waals surface area contributed by atoms with Gasteiger partial charge in [-0.25, -0.2) is 4.98 Å². The number of hydrogen-bond acceptors (Lipinski definition) is 4. The molecular weight excluding hydrogens is 426 g/mol. The molecule has 172 valence electrons. The molecule has 6 nitrogen and oxygen atoms in total. The van der Waals surface area contributed by atoms with Crippen LogP contribution in [-0.4, -0.2) is 28.0 Å². The van der Waals surface area contributed by atoms with Crippen LogP contribution in [0.5, 0.6) is 0 Å². The first kappa shape index (κ1) is 21.9. The maximum atomic E-state index is 14.0. The Morgan fingerprint density at radius 2 is 1.62 bits per heavy atom. The number of hydrogen-bond donors (Lipinski definition) is 0. The summed E-state index contributed by atoms with van der Waals surface area (Å²) in [5.74, 6) is -1.28. The fourth-order valence-corrected chi connectivity index (χ4v) is 4.72. The van der Waals surface area contributed by atoms with E-state index < -0.39 is 17.9 Å². The van der Waals surface area contributed by atoms with Gasteiger partial charge < -0.3 is 9.30 Å². The van der Waals surface area contributed by atoms with Crippen LogP contribution >= 0.6 is 0 Å². The number of ether oxygens (including phenoxy) is 1. The Hall–Kier alpha value is -3.93. The molecule has 6 heteroatoms. The van der Waals surface area contributed by atoms with Crippen molar-refractivity contribution in [2.45, 2.75) is 32.9 Å². The summed E-state index contributed by atoms with van der Waals surface area (Å²) in [5.41, 5.74) is 4.69. The van der Waals surface area contributed by atoms with E-state index in [1.807, 2.05) is 71.3 Å². The number of fused-ring (bicyclic) bond motifs is 3. The monoisotopic (exact) mass is 453 g/mol. The molecule has 2 heterocycles. The van der Waals surface area contributed by atoms with Crippen LogP contribution in [0.25, 0.3) is 11.0 Å². The van der Waals surface area contributed by atoms with Gasteiger partial charge in [-0.05, 0) is 42.2 Å². The Balaban J connectivity index is 1.73. The zero-order valence-corrected chi connectivity index (χ0v) is 19.3. The number of rotatable bonds is 6. The van der Waals surface area contributed by atoms with E-state index >= 15 is 0 Å². The number of benzene rings is 3. The summed E-state index contributed by atoms with van der Waals surface area (Å²) in [7, 11) is 0. The normalized spacial score (nSPS) is 17.6. The Bertz CT molecular complexity index is 1330. The molecule has 3 aromatic carbocycles. The Labute approximate surface area is 198 Å². The standard InChI is InChI=1S/C28H27N3O3/c1-3-19-14-16-21(17-15-19)25-24(27(33)34-4-2)26(32)30(18-20-10-6-5-7-11-20)28-29-22-12-8-9-13-23(22)31(25)28/h5-17,24-25H,3-4,18H2,1-2H3/t24-,25+/m1/s1. The van der Waals surface area contributed by atoms with Gasteiger partial charge in [0.25, 0.3) is 0 Å². The predicted octanol–water partition coefficient (Wildman–Crippen LogP) is 4.91. The van der Waals surface area contributed by atoms with Gasteiger partial charge in [0.1, 0.15) is 0 Å². The summed E-state index contributed by atoms with van der Waals surface area (Å²) in [6.07, 6.45) is 0.912. The molecule has 0 fully saturated rings. The second kappa shape index (κ2) is 9.14. The lowest BCUT2D eigenvalue weighted by Crippen LogP contribution is -2.49. The van der Waals surface area contributed by atoms with Crippen LogP contribution < -0.4 is 4.90 Å². The lowest BCUT2D eigenvalue weighted by molar-refractivity contribution is -0.153. The first-order valence-corrected chi connectivity index (χ1v) is 11.7. The molecule has 0 aliphatic carbocycles. The maximum Gasteiger partial charge on any atom is 0.321 e. The number of carbonyl (C=O) groups is 2. The molecule has 0 unspecified atom stereocenters. The van der Waals surface area contributed by atoms with E-state index in [0.717, 1.165) is 28.6 Å². The first-order chi connectivity index (χ1) is 16.6. The molecule has 2 atom stereocenters. The van der Waals surface area contributed by atoms with Crippen molar-refractivity contribution in [1.29, 1.82) is 0 Å². The second-order valence-corrected chi connectivity index (χ2v) is 8.45. The number of aromatic nitrogens is 2. The summed E-state index contributed by atoms with van der Waals surface area (Å²) < 4.78 is 7.46. The molecule has 0 bridgehead atoms. The Kier molecular flexibility index (Phi) is 5.88. The molecule has 1 amide bonds. The third-order valence-corrected chi connectivity index (χ3v) is 6.40. The molecule has 0 radical (unpaired) electrons. The van der Waals surface area contributed by atoms with Crippen LogP contribution in [-0.2, 0) is 27.3 Å². The van der Waals surface area contributed by atoms with Crippen molar-refractivity contribution in [3.05, 3.63) is 95.6 Å². The molecule has 0 saturated heterocycles. The molecule has 4 aromatic rings. The Morgan fingerprint density at radius 3 is 2.32 bits per heavy atom. The van der Waals surface area contributed by atoms with Crippen LogP contribution in [0.2, 0.25) is 0 Å². The van der Waals surface area contributed by atoms with Gasteiger partial charge in [-0.15, -0.1) is 0 Å². The number of esters is 1. The molecule has 1 aliphatic rings. The van der Waals surface area contributed by atoms with Crippen LogP contribution in [0.3, 0.4) is 0 Å². The highest BCUT2D eigenvalue weighted by Gasteiger charge is 2.47. The van der Waals surface area contributed by atoms with Gasteiger partial charge in [-0.3, -0.25) is 14.5 Å². The van der Waals surface area contributed by atoms with Gasteiger partial charge in [0.2, 0.25) is 11.9 Å². The smallest absolute Gasteiger partial charge is 0.321 e. The van der Waals surface area contributed by atoms with E-state index in [2.05, 4.69) is 19.1 Å². The average Bonchev–Trinajstić information content (AvgIpc) is 3.25. The topological polar surface area (TPSA) is 64.4 Å². The molecule has 1 aliphatic heterocycles. The van der Waals surface area contributed by atoms with Crippen molar-refractivity contribution in [3.63, 3.8) is 0 Å². The highest BCUT2D eigenvalue weighted by Crippen LogP contribution is 2.41. The zero-order chi connectivity index (χ0) is 23.7. The Morgan fingerprint density at radius 1 is 0.912 bits per heavy atom. The summed E-state index contributed by atoms with van der Waals surface area (Å²) in [6, 6.07) is 25.1. The molecule has 5 rings (SSSR count). The van der Waals surface area contributed by atoms with Crippen molar-refractivity contribution in [1.82, 2.24) is 9.55 Å². The summed E-state index contributed by atoms with van der Waals surface area (Å²) in [6.45, 7) is 4.39.